The molecule has 4 rings (SSSR count). The molecule has 3 aromatic rings. The molecule has 0 saturated heterocycles. The molecule has 0 radical (unpaired) electrons. The van der Waals surface area contributed by atoms with Gasteiger partial charge in [-0.25, -0.2) is 0 Å². The number of carboxylic acids is 1. The normalized spacial score (nSPS) is 15.4. The minimum absolute atomic E-state index is 0.208. The Balaban J connectivity index is 1.66. The summed E-state index contributed by atoms with van der Waals surface area (Å²) in [6, 6.07) is 22.2. The van der Waals surface area contributed by atoms with Crippen molar-refractivity contribution in [1.29, 1.82) is 0 Å². The van der Waals surface area contributed by atoms with E-state index in [2.05, 4.69) is 0 Å². The highest BCUT2D eigenvalue weighted by molar-refractivity contribution is 5.84. The standard InChI is InChI=1S/C30H33NO7/c1-35-15-16-37-28(22-11-7-4-8-12-22)30(34)31-19-23-13-14-26(36-2)29(25(23)17-24(31)18-27(32)33)38-20-21-9-5-3-6-10-21/h3-14,24,28H,15-20H2,1-2H3,(H,32,33)/t24-,28+/m1/s1. The molecule has 0 aromatic heterocycles. The van der Waals surface area contributed by atoms with Gasteiger partial charge in [0.15, 0.2) is 17.6 Å². The molecule has 1 aliphatic heterocycles. The van der Waals surface area contributed by atoms with Crippen LogP contribution in [-0.2, 0) is 38.6 Å². The topological polar surface area (TPSA) is 94.5 Å². The first kappa shape index (κ1) is 27.2. The lowest BCUT2D eigenvalue weighted by Crippen LogP contribution is -2.47. The number of rotatable bonds is 12. The number of carbonyl (C=O) groups is 2. The maximum atomic E-state index is 13.9. The number of hydrogen-bond donors (Lipinski definition) is 1. The van der Waals surface area contributed by atoms with E-state index >= 15 is 0 Å². The van der Waals surface area contributed by atoms with Crippen molar-refractivity contribution in [3.63, 3.8) is 0 Å². The lowest BCUT2D eigenvalue weighted by molar-refractivity contribution is -0.151. The minimum atomic E-state index is -0.984. The van der Waals surface area contributed by atoms with Gasteiger partial charge in [0.25, 0.3) is 5.91 Å². The van der Waals surface area contributed by atoms with Crippen molar-refractivity contribution in [1.82, 2.24) is 4.90 Å². The Morgan fingerprint density at radius 2 is 1.68 bits per heavy atom. The Hall–Kier alpha value is -3.88. The van der Waals surface area contributed by atoms with Crippen LogP contribution in [0, 0.1) is 0 Å². The highest BCUT2D eigenvalue weighted by Crippen LogP contribution is 2.40. The van der Waals surface area contributed by atoms with Crippen molar-refractivity contribution in [2.24, 2.45) is 0 Å². The molecular formula is C30H33NO7. The van der Waals surface area contributed by atoms with Crippen LogP contribution in [0.25, 0.3) is 0 Å². The Labute approximate surface area is 222 Å². The van der Waals surface area contributed by atoms with E-state index in [1.54, 1.807) is 19.1 Å². The van der Waals surface area contributed by atoms with Crippen LogP contribution in [0.5, 0.6) is 11.5 Å². The van der Waals surface area contributed by atoms with Crippen LogP contribution in [0.15, 0.2) is 72.8 Å². The van der Waals surface area contributed by atoms with Gasteiger partial charge in [0.1, 0.15) is 6.61 Å². The molecule has 0 aliphatic carbocycles. The number of fused-ring (bicyclic) bond motifs is 1. The number of amides is 1. The zero-order chi connectivity index (χ0) is 26.9. The lowest BCUT2D eigenvalue weighted by atomic mass is 9.90. The number of carbonyl (C=O) groups excluding carboxylic acids is 1. The summed E-state index contributed by atoms with van der Waals surface area (Å²) in [7, 11) is 3.14. The highest BCUT2D eigenvalue weighted by Gasteiger charge is 2.37. The fraction of sp³-hybridized carbons (Fsp3) is 0.333. The second kappa shape index (κ2) is 13.1. The van der Waals surface area contributed by atoms with E-state index in [-0.39, 0.29) is 25.5 Å². The highest BCUT2D eigenvalue weighted by atomic mass is 16.5. The van der Waals surface area contributed by atoms with Crippen molar-refractivity contribution in [3.05, 3.63) is 95.1 Å². The predicted molar refractivity (Wildman–Crippen MR) is 141 cm³/mol. The number of methoxy groups -OCH3 is 2. The Morgan fingerprint density at radius 3 is 2.34 bits per heavy atom. The summed E-state index contributed by atoms with van der Waals surface area (Å²) in [6.07, 6.45) is -0.773. The second-order valence-electron chi connectivity index (χ2n) is 9.09. The summed E-state index contributed by atoms with van der Waals surface area (Å²) >= 11 is 0. The molecule has 8 heteroatoms. The van der Waals surface area contributed by atoms with Gasteiger partial charge in [-0.05, 0) is 29.2 Å². The molecule has 200 valence electrons. The van der Waals surface area contributed by atoms with Crippen LogP contribution in [0.2, 0.25) is 0 Å². The monoisotopic (exact) mass is 519 g/mol. The van der Waals surface area contributed by atoms with E-state index in [4.69, 9.17) is 18.9 Å². The van der Waals surface area contributed by atoms with Gasteiger partial charge in [0.05, 0.1) is 26.7 Å². The molecule has 8 nitrogen and oxygen atoms in total. The first-order valence-electron chi connectivity index (χ1n) is 12.5. The zero-order valence-corrected chi connectivity index (χ0v) is 21.7. The molecule has 1 N–H and O–H groups in total. The molecule has 0 bridgehead atoms. The summed E-state index contributed by atoms with van der Waals surface area (Å²) in [6.45, 7) is 1.13. The first-order valence-corrected chi connectivity index (χ1v) is 12.5. The third kappa shape index (κ3) is 6.51. The van der Waals surface area contributed by atoms with E-state index < -0.39 is 18.1 Å². The van der Waals surface area contributed by atoms with E-state index in [1.807, 2.05) is 72.8 Å². The van der Waals surface area contributed by atoms with Gasteiger partial charge in [-0.2, -0.15) is 0 Å². The van der Waals surface area contributed by atoms with Gasteiger partial charge >= 0.3 is 5.97 Å². The summed E-state index contributed by atoms with van der Waals surface area (Å²) in [5.41, 5.74) is 3.44. The quantitative estimate of drug-likeness (QED) is 0.354. The molecule has 1 heterocycles. The van der Waals surface area contributed by atoms with E-state index in [9.17, 15) is 14.7 Å². The molecule has 0 fully saturated rings. The van der Waals surface area contributed by atoms with E-state index in [1.165, 1.54) is 0 Å². The average Bonchev–Trinajstić information content (AvgIpc) is 2.94. The molecule has 0 saturated carbocycles. The number of nitrogens with zero attached hydrogens (tertiary/aromatic N) is 1. The third-order valence-corrected chi connectivity index (χ3v) is 6.58. The maximum Gasteiger partial charge on any atom is 0.305 e. The van der Waals surface area contributed by atoms with E-state index in [0.717, 1.165) is 16.7 Å². The summed E-state index contributed by atoms with van der Waals surface area (Å²) in [5.74, 6) is -0.125. The predicted octanol–water partition coefficient (Wildman–Crippen LogP) is 4.41. The van der Waals surface area contributed by atoms with Gasteiger partial charge in [-0.15, -0.1) is 0 Å². The van der Waals surface area contributed by atoms with Crippen molar-refractivity contribution in [2.75, 3.05) is 27.4 Å². The van der Waals surface area contributed by atoms with Crippen LogP contribution < -0.4 is 9.47 Å². The molecule has 3 aromatic carbocycles. The molecular weight excluding hydrogens is 486 g/mol. The average molecular weight is 520 g/mol. The number of benzene rings is 3. The smallest absolute Gasteiger partial charge is 0.305 e. The number of ether oxygens (including phenoxy) is 4. The minimum Gasteiger partial charge on any atom is -0.493 e. The molecule has 38 heavy (non-hydrogen) atoms. The van der Waals surface area contributed by atoms with Crippen molar-refractivity contribution >= 4 is 11.9 Å². The largest absolute Gasteiger partial charge is 0.493 e. The molecule has 0 spiro atoms. The third-order valence-electron chi connectivity index (χ3n) is 6.58. The molecule has 2 atom stereocenters. The first-order chi connectivity index (χ1) is 18.5. The lowest BCUT2D eigenvalue weighted by Gasteiger charge is -2.39. The van der Waals surface area contributed by atoms with Crippen molar-refractivity contribution in [3.8, 4) is 11.5 Å². The van der Waals surface area contributed by atoms with Crippen LogP contribution in [0.1, 0.15) is 34.8 Å². The summed E-state index contributed by atoms with van der Waals surface area (Å²) in [5, 5.41) is 9.72. The molecule has 1 amide bonds. The fourth-order valence-corrected chi connectivity index (χ4v) is 4.71. The van der Waals surface area contributed by atoms with Gasteiger partial charge < -0.3 is 29.0 Å². The number of aliphatic carboxylic acids is 1. The van der Waals surface area contributed by atoms with Crippen LogP contribution in [0.4, 0.5) is 0 Å². The van der Waals surface area contributed by atoms with Gasteiger partial charge in [0.2, 0.25) is 0 Å². The van der Waals surface area contributed by atoms with Crippen molar-refractivity contribution < 1.29 is 33.6 Å². The van der Waals surface area contributed by atoms with Crippen molar-refractivity contribution in [2.45, 2.75) is 38.1 Å². The zero-order valence-electron chi connectivity index (χ0n) is 21.7. The maximum absolute atomic E-state index is 13.9. The Bertz CT molecular complexity index is 1220. The second-order valence-corrected chi connectivity index (χ2v) is 9.09. The molecule has 0 unspecified atom stereocenters. The Morgan fingerprint density at radius 1 is 0.974 bits per heavy atom. The van der Waals surface area contributed by atoms with Gasteiger partial charge in [0, 0.05) is 25.3 Å². The van der Waals surface area contributed by atoms with E-state index in [0.29, 0.717) is 36.7 Å². The van der Waals surface area contributed by atoms with Crippen LogP contribution in [0.3, 0.4) is 0 Å². The number of carboxylic acid groups (broad SMARTS) is 1. The van der Waals surface area contributed by atoms with Gasteiger partial charge in [-0.3, -0.25) is 9.59 Å². The van der Waals surface area contributed by atoms with Gasteiger partial charge in [-0.1, -0.05) is 66.7 Å². The van der Waals surface area contributed by atoms with Crippen LogP contribution >= 0.6 is 0 Å². The Kier molecular flexibility index (Phi) is 9.35. The molecule has 1 aliphatic rings. The number of hydrogen-bond acceptors (Lipinski definition) is 6. The summed E-state index contributed by atoms with van der Waals surface area (Å²) in [4.78, 5) is 27.4. The SMILES string of the molecule is COCCO[C@H](C(=O)N1Cc2ccc(OC)c(OCc3ccccc3)c2C[C@@H]1CC(=O)O)c1ccccc1. The van der Waals surface area contributed by atoms with Crippen LogP contribution in [-0.4, -0.2) is 55.4 Å². The summed E-state index contributed by atoms with van der Waals surface area (Å²) < 4.78 is 22.9. The fourth-order valence-electron chi connectivity index (χ4n) is 4.71.